The van der Waals surface area contributed by atoms with Crippen molar-refractivity contribution in [1.29, 1.82) is 0 Å². The number of benzene rings is 2. The topological polar surface area (TPSA) is 105 Å². The van der Waals surface area contributed by atoms with E-state index in [0.29, 0.717) is 6.42 Å². The quantitative estimate of drug-likeness (QED) is 0.629. The Hall–Kier alpha value is -3.39. The molecule has 0 saturated carbocycles. The molecule has 2 N–H and O–H groups in total. The standard InChI is InChI=1S/C27H32N2O6/c1-3-17(2)24(25(30)29-12-13-34-15-18(14-29)26(31)32)28-27(33)35-16-23-21-10-6-4-8-19(21)20-9-5-7-11-22(20)23/h4-11,17-18,23-24H,3,12-16H2,1-2H3,(H,28,33)(H,31,32). The third kappa shape index (κ3) is 5.32. The van der Waals surface area contributed by atoms with Gasteiger partial charge < -0.3 is 24.8 Å². The summed E-state index contributed by atoms with van der Waals surface area (Å²) < 4.78 is 11.0. The lowest BCUT2D eigenvalue weighted by Crippen LogP contribution is -2.53. The summed E-state index contributed by atoms with van der Waals surface area (Å²) in [5.74, 6) is -2.35. The van der Waals surface area contributed by atoms with E-state index in [2.05, 4.69) is 17.4 Å². The molecular weight excluding hydrogens is 448 g/mol. The minimum absolute atomic E-state index is 0.0491. The van der Waals surface area contributed by atoms with Crippen LogP contribution >= 0.6 is 0 Å². The van der Waals surface area contributed by atoms with Crippen LogP contribution in [0.15, 0.2) is 48.5 Å². The maximum Gasteiger partial charge on any atom is 0.407 e. The van der Waals surface area contributed by atoms with E-state index in [-0.39, 0.29) is 50.7 Å². The fourth-order valence-corrected chi connectivity index (χ4v) is 4.81. The van der Waals surface area contributed by atoms with E-state index in [1.165, 1.54) is 4.90 Å². The average molecular weight is 481 g/mol. The molecule has 1 saturated heterocycles. The number of rotatable bonds is 7. The summed E-state index contributed by atoms with van der Waals surface area (Å²) in [6.45, 7) is 4.63. The first kappa shape index (κ1) is 24.7. The van der Waals surface area contributed by atoms with Gasteiger partial charge in [-0.05, 0) is 28.2 Å². The van der Waals surface area contributed by atoms with Crippen LogP contribution in [0.5, 0.6) is 0 Å². The van der Waals surface area contributed by atoms with E-state index in [0.717, 1.165) is 22.3 Å². The molecule has 0 radical (unpaired) electrons. The molecule has 3 atom stereocenters. The number of hydrogen-bond donors (Lipinski definition) is 2. The number of carboxylic acid groups (broad SMARTS) is 1. The Morgan fingerprint density at radius 1 is 1.11 bits per heavy atom. The van der Waals surface area contributed by atoms with Gasteiger partial charge in [-0.15, -0.1) is 0 Å². The van der Waals surface area contributed by atoms with Crippen LogP contribution in [0.2, 0.25) is 0 Å². The number of carboxylic acids is 1. The SMILES string of the molecule is CCC(C)C(NC(=O)OCC1c2ccccc2-c2ccccc21)C(=O)N1CCOCC(C(=O)O)C1. The number of nitrogens with one attached hydrogen (secondary N) is 1. The van der Waals surface area contributed by atoms with Crippen LogP contribution in [0.1, 0.15) is 37.3 Å². The molecule has 1 fully saturated rings. The smallest absolute Gasteiger partial charge is 0.407 e. The van der Waals surface area contributed by atoms with Crippen LogP contribution in [-0.4, -0.2) is 66.9 Å². The highest BCUT2D eigenvalue weighted by Gasteiger charge is 2.35. The normalized spacial score (nSPS) is 19.1. The van der Waals surface area contributed by atoms with Crippen LogP contribution in [0.25, 0.3) is 11.1 Å². The van der Waals surface area contributed by atoms with E-state index < -0.39 is 24.0 Å². The minimum Gasteiger partial charge on any atom is -0.481 e. The second-order valence-corrected chi connectivity index (χ2v) is 9.23. The summed E-state index contributed by atoms with van der Waals surface area (Å²) in [7, 11) is 0. The third-order valence-corrected chi connectivity index (χ3v) is 7.02. The molecule has 0 aromatic heterocycles. The first-order valence-electron chi connectivity index (χ1n) is 12.1. The van der Waals surface area contributed by atoms with Gasteiger partial charge in [-0.3, -0.25) is 9.59 Å². The molecule has 8 nitrogen and oxygen atoms in total. The molecular formula is C27H32N2O6. The molecule has 0 bridgehead atoms. The van der Waals surface area contributed by atoms with Gasteiger partial charge in [0.15, 0.2) is 0 Å². The molecule has 3 unspecified atom stereocenters. The fourth-order valence-electron chi connectivity index (χ4n) is 4.81. The number of hydrogen-bond acceptors (Lipinski definition) is 5. The number of aliphatic carboxylic acids is 1. The van der Waals surface area contributed by atoms with Gasteiger partial charge >= 0.3 is 12.1 Å². The lowest BCUT2D eigenvalue weighted by molar-refractivity contribution is -0.144. The number of carbonyl (C=O) groups is 3. The zero-order chi connectivity index (χ0) is 24.9. The summed E-state index contributed by atoms with van der Waals surface area (Å²) in [5, 5.41) is 12.2. The Labute approximate surface area is 205 Å². The van der Waals surface area contributed by atoms with Crippen LogP contribution in [0, 0.1) is 11.8 Å². The number of alkyl carbamates (subject to hydrolysis) is 1. The van der Waals surface area contributed by atoms with Crippen molar-refractivity contribution in [1.82, 2.24) is 10.2 Å². The highest BCUT2D eigenvalue weighted by molar-refractivity contribution is 5.86. The van der Waals surface area contributed by atoms with Crippen molar-refractivity contribution in [3.63, 3.8) is 0 Å². The van der Waals surface area contributed by atoms with Crippen LogP contribution in [0.3, 0.4) is 0 Å². The molecule has 186 valence electrons. The number of fused-ring (bicyclic) bond motifs is 3. The number of carbonyl (C=O) groups excluding carboxylic acids is 2. The van der Waals surface area contributed by atoms with Crippen LogP contribution in [0.4, 0.5) is 4.79 Å². The number of amides is 2. The van der Waals surface area contributed by atoms with Crippen molar-refractivity contribution < 1.29 is 29.0 Å². The van der Waals surface area contributed by atoms with E-state index in [1.54, 1.807) is 0 Å². The first-order valence-corrected chi connectivity index (χ1v) is 12.1. The van der Waals surface area contributed by atoms with Gasteiger partial charge in [0, 0.05) is 19.0 Å². The lowest BCUT2D eigenvalue weighted by atomic mass is 9.97. The zero-order valence-corrected chi connectivity index (χ0v) is 20.1. The molecule has 8 heteroatoms. The fraction of sp³-hybridized carbons (Fsp3) is 0.444. The third-order valence-electron chi connectivity index (χ3n) is 7.02. The maximum atomic E-state index is 13.3. The molecule has 1 aliphatic carbocycles. The predicted molar refractivity (Wildman–Crippen MR) is 130 cm³/mol. The van der Waals surface area contributed by atoms with Gasteiger partial charge in [-0.25, -0.2) is 4.79 Å². The average Bonchev–Trinajstić information content (AvgIpc) is 3.00. The van der Waals surface area contributed by atoms with Crippen molar-refractivity contribution >= 4 is 18.0 Å². The summed E-state index contributed by atoms with van der Waals surface area (Å²) in [5.41, 5.74) is 4.50. The highest BCUT2D eigenvalue weighted by atomic mass is 16.5. The van der Waals surface area contributed by atoms with Crippen LogP contribution < -0.4 is 5.32 Å². The molecule has 4 rings (SSSR count). The Kier molecular flexibility index (Phi) is 7.70. The van der Waals surface area contributed by atoms with E-state index in [4.69, 9.17) is 9.47 Å². The highest BCUT2D eigenvalue weighted by Crippen LogP contribution is 2.44. The van der Waals surface area contributed by atoms with Crippen molar-refractivity contribution in [2.24, 2.45) is 11.8 Å². The van der Waals surface area contributed by atoms with Gasteiger partial charge in [0.1, 0.15) is 12.6 Å². The Morgan fingerprint density at radius 2 is 1.74 bits per heavy atom. The van der Waals surface area contributed by atoms with E-state index >= 15 is 0 Å². The van der Waals surface area contributed by atoms with Crippen LogP contribution in [-0.2, 0) is 19.1 Å². The lowest BCUT2D eigenvalue weighted by Gasteiger charge is -2.30. The van der Waals surface area contributed by atoms with Gasteiger partial charge in [-0.2, -0.15) is 0 Å². The first-order chi connectivity index (χ1) is 16.9. The van der Waals surface area contributed by atoms with E-state index in [1.807, 2.05) is 50.2 Å². The zero-order valence-electron chi connectivity index (χ0n) is 20.1. The second kappa shape index (κ2) is 10.9. The summed E-state index contributed by atoms with van der Waals surface area (Å²) in [6, 6.07) is 15.4. The van der Waals surface area contributed by atoms with Gasteiger partial charge in [0.25, 0.3) is 0 Å². The molecule has 2 aromatic rings. The molecule has 2 aliphatic rings. The molecule has 2 amide bonds. The molecule has 0 spiro atoms. The number of ether oxygens (including phenoxy) is 2. The Morgan fingerprint density at radius 3 is 2.34 bits per heavy atom. The second-order valence-electron chi connectivity index (χ2n) is 9.23. The minimum atomic E-state index is -1.01. The molecule has 1 aliphatic heterocycles. The van der Waals surface area contributed by atoms with Gasteiger partial charge in [0.05, 0.1) is 19.1 Å². The summed E-state index contributed by atoms with van der Waals surface area (Å²) >= 11 is 0. The largest absolute Gasteiger partial charge is 0.481 e. The van der Waals surface area contributed by atoms with Crippen molar-refractivity contribution in [3.05, 3.63) is 59.7 Å². The maximum absolute atomic E-state index is 13.3. The van der Waals surface area contributed by atoms with Crippen molar-refractivity contribution in [2.75, 3.05) is 32.9 Å². The van der Waals surface area contributed by atoms with Gasteiger partial charge in [-0.1, -0.05) is 68.8 Å². The van der Waals surface area contributed by atoms with E-state index in [9.17, 15) is 19.5 Å². The van der Waals surface area contributed by atoms with Gasteiger partial charge in [0.2, 0.25) is 5.91 Å². The molecule has 35 heavy (non-hydrogen) atoms. The van der Waals surface area contributed by atoms with Crippen molar-refractivity contribution in [3.8, 4) is 11.1 Å². The summed E-state index contributed by atoms with van der Waals surface area (Å²) in [6.07, 6.45) is -0.00128. The monoisotopic (exact) mass is 480 g/mol. The number of nitrogens with zero attached hydrogens (tertiary/aromatic N) is 1. The molecule has 1 heterocycles. The predicted octanol–water partition coefficient (Wildman–Crippen LogP) is 3.50. The Balaban J connectivity index is 1.44. The Bertz CT molecular complexity index is 1040. The molecule has 2 aromatic carbocycles. The van der Waals surface area contributed by atoms with Crippen molar-refractivity contribution in [2.45, 2.75) is 32.2 Å². The summed E-state index contributed by atoms with van der Waals surface area (Å²) in [4.78, 5) is 39.2.